The largest absolute Gasteiger partial charge is 0.320 e. The SMILES string of the molecule is CC[N+]1(Cc2ccccc2)CCCC1. The number of hydrogen-bond donors (Lipinski definition) is 0. The normalized spacial score (nSPS) is 19.8. The lowest BCUT2D eigenvalue weighted by Crippen LogP contribution is -2.44. The van der Waals surface area contributed by atoms with Gasteiger partial charge in [0.25, 0.3) is 0 Å². The molecule has 76 valence electrons. The first-order valence-electron chi connectivity index (χ1n) is 5.74. The van der Waals surface area contributed by atoms with Gasteiger partial charge in [0.05, 0.1) is 19.6 Å². The molecule has 1 aliphatic heterocycles. The third-order valence-electron chi connectivity index (χ3n) is 3.55. The Kier molecular flexibility index (Phi) is 2.87. The molecule has 0 spiro atoms. The molecule has 1 aromatic carbocycles. The van der Waals surface area contributed by atoms with Gasteiger partial charge in [-0.1, -0.05) is 30.3 Å². The fourth-order valence-corrected chi connectivity index (χ4v) is 2.56. The Bertz CT molecular complexity index is 273. The minimum Gasteiger partial charge on any atom is -0.320 e. The van der Waals surface area contributed by atoms with E-state index in [1.54, 1.807) is 0 Å². The van der Waals surface area contributed by atoms with Gasteiger partial charge in [0, 0.05) is 18.4 Å². The number of rotatable bonds is 3. The zero-order valence-corrected chi connectivity index (χ0v) is 9.08. The Morgan fingerprint density at radius 3 is 2.29 bits per heavy atom. The van der Waals surface area contributed by atoms with Crippen LogP contribution in [0.25, 0.3) is 0 Å². The molecule has 0 aromatic heterocycles. The summed E-state index contributed by atoms with van der Waals surface area (Å²) in [6.07, 6.45) is 2.83. The molecule has 0 saturated carbocycles. The number of benzene rings is 1. The highest BCUT2D eigenvalue weighted by atomic mass is 15.4. The van der Waals surface area contributed by atoms with E-state index in [0.717, 1.165) is 0 Å². The molecule has 14 heavy (non-hydrogen) atoms. The van der Waals surface area contributed by atoms with Crippen molar-refractivity contribution in [1.82, 2.24) is 0 Å². The first-order chi connectivity index (χ1) is 6.85. The van der Waals surface area contributed by atoms with E-state index in [-0.39, 0.29) is 0 Å². The fourth-order valence-electron chi connectivity index (χ4n) is 2.56. The maximum absolute atomic E-state index is 2.33. The van der Waals surface area contributed by atoms with Crippen molar-refractivity contribution >= 4 is 0 Å². The highest BCUT2D eigenvalue weighted by molar-refractivity contribution is 5.13. The van der Waals surface area contributed by atoms with Crippen LogP contribution in [0.4, 0.5) is 0 Å². The third kappa shape index (κ3) is 1.98. The molecule has 1 fully saturated rings. The van der Waals surface area contributed by atoms with Crippen LogP contribution < -0.4 is 0 Å². The van der Waals surface area contributed by atoms with Crippen molar-refractivity contribution in [3.8, 4) is 0 Å². The molecular formula is C13H20N+. The predicted molar refractivity (Wildman–Crippen MR) is 59.9 cm³/mol. The molecule has 2 rings (SSSR count). The number of likely N-dealkylation sites (tertiary alicyclic amines) is 1. The van der Waals surface area contributed by atoms with Gasteiger partial charge in [0.15, 0.2) is 0 Å². The molecule has 1 heterocycles. The van der Waals surface area contributed by atoms with Crippen LogP contribution in [-0.2, 0) is 6.54 Å². The van der Waals surface area contributed by atoms with Gasteiger partial charge in [-0.15, -0.1) is 0 Å². The molecule has 1 aliphatic rings. The Hall–Kier alpha value is -0.820. The van der Waals surface area contributed by atoms with Crippen molar-refractivity contribution < 1.29 is 4.48 Å². The molecular weight excluding hydrogens is 170 g/mol. The summed E-state index contributed by atoms with van der Waals surface area (Å²) in [7, 11) is 0. The van der Waals surface area contributed by atoms with Gasteiger partial charge in [-0.2, -0.15) is 0 Å². The zero-order chi connectivity index (χ0) is 9.86. The van der Waals surface area contributed by atoms with E-state index in [1.807, 2.05) is 0 Å². The summed E-state index contributed by atoms with van der Waals surface area (Å²) in [5.41, 5.74) is 1.50. The molecule has 0 unspecified atom stereocenters. The molecule has 1 saturated heterocycles. The van der Waals surface area contributed by atoms with Crippen molar-refractivity contribution in [2.45, 2.75) is 26.3 Å². The van der Waals surface area contributed by atoms with Crippen molar-refractivity contribution in [3.63, 3.8) is 0 Å². The lowest BCUT2D eigenvalue weighted by molar-refractivity contribution is -0.928. The molecule has 0 radical (unpaired) electrons. The second-order valence-corrected chi connectivity index (χ2v) is 4.46. The highest BCUT2D eigenvalue weighted by Crippen LogP contribution is 2.22. The van der Waals surface area contributed by atoms with Gasteiger partial charge in [0.1, 0.15) is 6.54 Å². The van der Waals surface area contributed by atoms with Crippen LogP contribution in [-0.4, -0.2) is 24.1 Å². The molecule has 1 nitrogen and oxygen atoms in total. The van der Waals surface area contributed by atoms with Gasteiger partial charge in [-0.3, -0.25) is 0 Å². The Balaban J connectivity index is 2.08. The molecule has 0 N–H and O–H groups in total. The predicted octanol–water partition coefficient (Wildman–Crippen LogP) is 2.82. The standard InChI is InChI=1S/C13H20N/c1-2-14(10-6-7-11-14)12-13-8-4-3-5-9-13/h3-5,8-9H,2,6-7,10-12H2,1H3/q+1. The van der Waals surface area contributed by atoms with E-state index in [0.29, 0.717) is 0 Å². The van der Waals surface area contributed by atoms with Crippen LogP contribution in [0.1, 0.15) is 25.3 Å². The molecule has 0 amide bonds. The van der Waals surface area contributed by atoms with Gasteiger partial charge < -0.3 is 4.48 Å². The fraction of sp³-hybridized carbons (Fsp3) is 0.538. The van der Waals surface area contributed by atoms with E-state index < -0.39 is 0 Å². The van der Waals surface area contributed by atoms with Gasteiger partial charge in [-0.05, 0) is 6.92 Å². The Morgan fingerprint density at radius 1 is 1.07 bits per heavy atom. The van der Waals surface area contributed by atoms with Crippen molar-refractivity contribution in [1.29, 1.82) is 0 Å². The maximum Gasteiger partial charge on any atom is 0.104 e. The maximum atomic E-state index is 2.33. The van der Waals surface area contributed by atoms with Crippen molar-refractivity contribution in [2.75, 3.05) is 19.6 Å². The van der Waals surface area contributed by atoms with Crippen LogP contribution in [0.15, 0.2) is 30.3 Å². The summed E-state index contributed by atoms with van der Waals surface area (Å²) >= 11 is 0. The minimum atomic E-state index is 1.23. The second-order valence-electron chi connectivity index (χ2n) is 4.46. The summed E-state index contributed by atoms with van der Waals surface area (Å²) in [6, 6.07) is 10.9. The molecule has 1 aromatic rings. The van der Waals surface area contributed by atoms with Gasteiger partial charge >= 0.3 is 0 Å². The van der Waals surface area contributed by atoms with Crippen LogP contribution in [0, 0.1) is 0 Å². The van der Waals surface area contributed by atoms with E-state index in [9.17, 15) is 0 Å². The second kappa shape index (κ2) is 4.14. The van der Waals surface area contributed by atoms with Crippen LogP contribution in [0.2, 0.25) is 0 Å². The Morgan fingerprint density at radius 2 is 1.71 bits per heavy atom. The summed E-state index contributed by atoms with van der Waals surface area (Å²) < 4.78 is 1.31. The van der Waals surface area contributed by atoms with E-state index in [4.69, 9.17) is 0 Å². The summed E-state index contributed by atoms with van der Waals surface area (Å²) in [6.45, 7) is 7.61. The lowest BCUT2D eigenvalue weighted by atomic mass is 10.2. The summed E-state index contributed by atoms with van der Waals surface area (Å²) in [4.78, 5) is 0. The molecule has 0 bridgehead atoms. The first-order valence-corrected chi connectivity index (χ1v) is 5.74. The number of hydrogen-bond acceptors (Lipinski definition) is 0. The first kappa shape index (κ1) is 9.72. The highest BCUT2D eigenvalue weighted by Gasteiger charge is 2.29. The van der Waals surface area contributed by atoms with Crippen molar-refractivity contribution in [3.05, 3.63) is 35.9 Å². The monoisotopic (exact) mass is 190 g/mol. The quantitative estimate of drug-likeness (QED) is 0.643. The van der Waals surface area contributed by atoms with Gasteiger partial charge in [0.2, 0.25) is 0 Å². The summed E-state index contributed by atoms with van der Waals surface area (Å²) in [5.74, 6) is 0. The third-order valence-corrected chi connectivity index (χ3v) is 3.55. The van der Waals surface area contributed by atoms with E-state index >= 15 is 0 Å². The average Bonchev–Trinajstić information content (AvgIpc) is 2.69. The summed E-state index contributed by atoms with van der Waals surface area (Å²) in [5, 5.41) is 0. The van der Waals surface area contributed by atoms with Gasteiger partial charge in [-0.25, -0.2) is 0 Å². The van der Waals surface area contributed by atoms with E-state index in [1.165, 1.54) is 49.1 Å². The topological polar surface area (TPSA) is 0 Å². The smallest absolute Gasteiger partial charge is 0.104 e. The minimum absolute atomic E-state index is 1.23. The van der Waals surface area contributed by atoms with Crippen LogP contribution in [0.3, 0.4) is 0 Å². The zero-order valence-electron chi connectivity index (χ0n) is 9.08. The van der Waals surface area contributed by atoms with Crippen LogP contribution >= 0.6 is 0 Å². The lowest BCUT2D eigenvalue weighted by Gasteiger charge is -2.33. The molecule has 1 heteroatoms. The number of quaternary nitrogens is 1. The average molecular weight is 190 g/mol. The molecule has 0 atom stereocenters. The van der Waals surface area contributed by atoms with Crippen molar-refractivity contribution in [2.24, 2.45) is 0 Å². The van der Waals surface area contributed by atoms with E-state index in [2.05, 4.69) is 37.3 Å². The van der Waals surface area contributed by atoms with Crippen LogP contribution in [0.5, 0.6) is 0 Å². The number of nitrogens with zero attached hydrogens (tertiary/aromatic N) is 1. The Labute approximate surface area is 86.9 Å². The molecule has 0 aliphatic carbocycles.